The third-order valence-electron chi connectivity index (χ3n) is 2.54. The zero-order valence-corrected chi connectivity index (χ0v) is 9.01. The summed E-state index contributed by atoms with van der Waals surface area (Å²) in [5.41, 5.74) is 0. The van der Waals surface area contributed by atoms with Crippen LogP contribution in [0.15, 0.2) is 0 Å². The highest BCUT2D eigenvalue weighted by molar-refractivity contribution is 4.64. The van der Waals surface area contributed by atoms with Gasteiger partial charge in [0.25, 0.3) is 0 Å². The molecule has 2 heteroatoms. The fourth-order valence-corrected chi connectivity index (χ4v) is 1.73. The Morgan fingerprint density at radius 2 is 2.31 bits per heavy atom. The van der Waals surface area contributed by atoms with Gasteiger partial charge < -0.3 is 10.1 Å². The highest BCUT2D eigenvalue weighted by atomic mass is 16.5. The van der Waals surface area contributed by atoms with Crippen LogP contribution < -0.4 is 5.32 Å². The van der Waals surface area contributed by atoms with Crippen LogP contribution in [0.2, 0.25) is 0 Å². The minimum atomic E-state index is 0.766. The third-order valence-corrected chi connectivity index (χ3v) is 2.54. The second-order valence-corrected chi connectivity index (χ2v) is 4.47. The Morgan fingerprint density at radius 1 is 1.46 bits per heavy atom. The molecule has 0 aliphatic carbocycles. The second kappa shape index (κ2) is 6.39. The van der Waals surface area contributed by atoms with Gasteiger partial charge in [-0.15, -0.1) is 0 Å². The first-order valence-corrected chi connectivity index (χ1v) is 5.57. The molecular formula is C11H23NO. The lowest BCUT2D eigenvalue weighted by atomic mass is 9.99. The Hall–Kier alpha value is -0.0800. The fourth-order valence-electron chi connectivity index (χ4n) is 1.73. The molecule has 1 aliphatic heterocycles. The van der Waals surface area contributed by atoms with Crippen molar-refractivity contribution in [1.82, 2.24) is 5.32 Å². The molecule has 0 spiro atoms. The van der Waals surface area contributed by atoms with Crippen molar-refractivity contribution in [3.8, 4) is 0 Å². The molecule has 1 rings (SSSR count). The van der Waals surface area contributed by atoms with Gasteiger partial charge in [0.05, 0.1) is 0 Å². The maximum atomic E-state index is 5.43. The van der Waals surface area contributed by atoms with Crippen molar-refractivity contribution in [2.75, 3.05) is 26.3 Å². The molecule has 0 bridgehead atoms. The molecule has 0 radical (unpaired) electrons. The largest absolute Gasteiger partial charge is 0.381 e. The van der Waals surface area contributed by atoms with Crippen LogP contribution in [0.25, 0.3) is 0 Å². The lowest BCUT2D eigenvalue weighted by Crippen LogP contribution is -2.25. The predicted molar refractivity (Wildman–Crippen MR) is 55.9 cm³/mol. The maximum absolute atomic E-state index is 5.43. The quantitative estimate of drug-likeness (QED) is 0.662. The van der Waals surface area contributed by atoms with E-state index < -0.39 is 0 Å². The molecule has 0 aromatic heterocycles. The van der Waals surface area contributed by atoms with Crippen molar-refractivity contribution in [3.05, 3.63) is 0 Å². The van der Waals surface area contributed by atoms with E-state index in [0.29, 0.717) is 0 Å². The van der Waals surface area contributed by atoms with Crippen LogP contribution in [-0.2, 0) is 4.74 Å². The SMILES string of the molecule is CC(C)CNCCC1CCCOC1. The molecule has 1 heterocycles. The summed E-state index contributed by atoms with van der Waals surface area (Å²) in [6, 6.07) is 0. The lowest BCUT2D eigenvalue weighted by Gasteiger charge is -2.22. The van der Waals surface area contributed by atoms with Gasteiger partial charge in [-0.3, -0.25) is 0 Å². The Morgan fingerprint density at radius 3 is 2.92 bits per heavy atom. The van der Waals surface area contributed by atoms with Gasteiger partial charge in [0.1, 0.15) is 0 Å². The summed E-state index contributed by atoms with van der Waals surface area (Å²) >= 11 is 0. The third kappa shape index (κ3) is 5.27. The number of hydrogen-bond donors (Lipinski definition) is 1. The molecule has 1 fully saturated rings. The van der Waals surface area contributed by atoms with Gasteiger partial charge in [-0.05, 0) is 44.2 Å². The minimum absolute atomic E-state index is 0.766. The Labute approximate surface area is 82.0 Å². The van der Waals surface area contributed by atoms with E-state index in [1.165, 1.54) is 19.3 Å². The Balaban J connectivity index is 1.92. The first kappa shape index (κ1) is 11.0. The average Bonchev–Trinajstić information content (AvgIpc) is 2.14. The number of nitrogens with one attached hydrogen (secondary N) is 1. The van der Waals surface area contributed by atoms with E-state index >= 15 is 0 Å². The summed E-state index contributed by atoms with van der Waals surface area (Å²) in [6.07, 6.45) is 3.91. The minimum Gasteiger partial charge on any atom is -0.381 e. The topological polar surface area (TPSA) is 21.3 Å². The van der Waals surface area contributed by atoms with Crippen LogP contribution in [0.1, 0.15) is 33.1 Å². The highest BCUT2D eigenvalue weighted by Gasteiger charge is 2.12. The molecule has 0 aromatic rings. The summed E-state index contributed by atoms with van der Waals surface area (Å²) in [4.78, 5) is 0. The predicted octanol–water partition coefficient (Wildman–Crippen LogP) is 2.05. The normalized spacial score (nSPS) is 23.8. The average molecular weight is 185 g/mol. The molecule has 1 aliphatic rings. The highest BCUT2D eigenvalue weighted by Crippen LogP contribution is 2.16. The second-order valence-electron chi connectivity index (χ2n) is 4.47. The molecule has 78 valence electrons. The molecular weight excluding hydrogens is 162 g/mol. The summed E-state index contributed by atoms with van der Waals surface area (Å²) in [6.45, 7) is 8.77. The van der Waals surface area contributed by atoms with Crippen molar-refractivity contribution < 1.29 is 4.74 Å². The van der Waals surface area contributed by atoms with Crippen LogP contribution in [0.3, 0.4) is 0 Å². The maximum Gasteiger partial charge on any atom is 0.0494 e. The van der Waals surface area contributed by atoms with Gasteiger partial charge in [0, 0.05) is 13.2 Å². The van der Waals surface area contributed by atoms with Crippen molar-refractivity contribution >= 4 is 0 Å². The molecule has 1 unspecified atom stereocenters. The van der Waals surface area contributed by atoms with Gasteiger partial charge in [-0.1, -0.05) is 13.8 Å². The van der Waals surface area contributed by atoms with Gasteiger partial charge in [0.15, 0.2) is 0 Å². The van der Waals surface area contributed by atoms with E-state index in [0.717, 1.165) is 38.1 Å². The number of hydrogen-bond acceptors (Lipinski definition) is 2. The first-order chi connectivity index (χ1) is 6.29. The van der Waals surface area contributed by atoms with E-state index in [1.54, 1.807) is 0 Å². The summed E-state index contributed by atoms with van der Waals surface area (Å²) < 4.78 is 5.43. The van der Waals surface area contributed by atoms with Crippen molar-refractivity contribution in [2.45, 2.75) is 33.1 Å². The van der Waals surface area contributed by atoms with Crippen LogP contribution in [-0.4, -0.2) is 26.3 Å². The van der Waals surface area contributed by atoms with E-state index in [1.807, 2.05) is 0 Å². The number of rotatable bonds is 5. The monoisotopic (exact) mass is 185 g/mol. The van der Waals surface area contributed by atoms with Gasteiger partial charge in [-0.25, -0.2) is 0 Å². The standard InChI is InChI=1S/C11H23NO/c1-10(2)8-12-6-5-11-4-3-7-13-9-11/h10-12H,3-9H2,1-2H3. The van der Waals surface area contributed by atoms with Crippen molar-refractivity contribution in [3.63, 3.8) is 0 Å². The van der Waals surface area contributed by atoms with Crippen LogP contribution >= 0.6 is 0 Å². The summed E-state index contributed by atoms with van der Waals surface area (Å²) in [7, 11) is 0. The van der Waals surface area contributed by atoms with Crippen LogP contribution in [0.5, 0.6) is 0 Å². The smallest absolute Gasteiger partial charge is 0.0494 e. The van der Waals surface area contributed by atoms with Gasteiger partial charge in [0.2, 0.25) is 0 Å². The molecule has 1 saturated heterocycles. The summed E-state index contributed by atoms with van der Waals surface area (Å²) in [5, 5.41) is 3.48. The molecule has 1 N–H and O–H groups in total. The Kier molecular flexibility index (Phi) is 5.40. The molecule has 1 atom stereocenters. The van der Waals surface area contributed by atoms with E-state index in [2.05, 4.69) is 19.2 Å². The molecule has 0 amide bonds. The molecule has 2 nitrogen and oxygen atoms in total. The van der Waals surface area contributed by atoms with Gasteiger partial charge >= 0.3 is 0 Å². The van der Waals surface area contributed by atoms with Crippen molar-refractivity contribution in [1.29, 1.82) is 0 Å². The molecule has 0 aromatic carbocycles. The first-order valence-electron chi connectivity index (χ1n) is 5.57. The number of ether oxygens (including phenoxy) is 1. The van der Waals surface area contributed by atoms with Crippen LogP contribution in [0.4, 0.5) is 0 Å². The van der Waals surface area contributed by atoms with Crippen LogP contribution in [0, 0.1) is 11.8 Å². The van der Waals surface area contributed by atoms with E-state index in [-0.39, 0.29) is 0 Å². The lowest BCUT2D eigenvalue weighted by molar-refractivity contribution is 0.0517. The zero-order valence-electron chi connectivity index (χ0n) is 9.01. The molecule has 0 saturated carbocycles. The Bertz CT molecular complexity index is 119. The summed E-state index contributed by atoms with van der Waals surface area (Å²) in [5.74, 6) is 1.58. The van der Waals surface area contributed by atoms with Crippen molar-refractivity contribution in [2.24, 2.45) is 11.8 Å². The fraction of sp³-hybridized carbons (Fsp3) is 1.00. The zero-order chi connectivity index (χ0) is 9.52. The van der Waals surface area contributed by atoms with E-state index in [4.69, 9.17) is 4.74 Å². The molecule has 13 heavy (non-hydrogen) atoms. The van der Waals surface area contributed by atoms with Gasteiger partial charge in [-0.2, -0.15) is 0 Å². The van der Waals surface area contributed by atoms with E-state index in [9.17, 15) is 0 Å².